The van der Waals surface area contributed by atoms with Crippen molar-refractivity contribution in [2.24, 2.45) is 0 Å². The summed E-state index contributed by atoms with van der Waals surface area (Å²) in [6.45, 7) is 4.28. The minimum atomic E-state index is -0.464. The van der Waals surface area contributed by atoms with Crippen LogP contribution in [0, 0.1) is 0 Å². The molecule has 0 saturated heterocycles. The number of ether oxygens (including phenoxy) is 2. The van der Waals surface area contributed by atoms with E-state index in [4.69, 9.17) is 9.47 Å². The monoisotopic (exact) mass is 540 g/mol. The van der Waals surface area contributed by atoms with Crippen LogP contribution in [0.2, 0.25) is 0 Å². The summed E-state index contributed by atoms with van der Waals surface area (Å²) < 4.78 is 10.7. The third kappa shape index (κ3) is 7.00. The van der Waals surface area contributed by atoms with Gasteiger partial charge in [-0.25, -0.2) is 0 Å². The lowest BCUT2D eigenvalue weighted by Gasteiger charge is -2.18. The van der Waals surface area contributed by atoms with Gasteiger partial charge < -0.3 is 20.1 Å². The number of thioether (sulfide) groups is 1. The molecule has 7 heteroatoms. The minimum Gasteiger partial charge on any atom is -0.496 e. The van der Waals surface area contributed by atoms with E-state index in [2.05, 4.69) is 24.5 Å². The summed E-state index contributed by atoms with van der Waals surface area (Å²) in [5.74, 6) is 0.829. The maximum atomic E-state index is 13.4. The first-order valence-electron chi connectivity index (χ1n) is 12.6. The molecule has 0 aromatic heterocycles. The molecule has 0 heterocycles. The van der Waals surface area contributed by atoms with Gasteiger partial charge in [-0.1, -0.05) is 62.4 Å². The molecule has 0 aliphatic heterocycles. The average molecular weight is 541 g/mol. The molecule has 0 saturated carbocycles. The fourth-order valence-electron chi connectivity index (χ4n) is 4.08. The maximum absolute atomic E-state index is 13.4. The lowest BCUT2D eigenvalue weighted by molar-refractivity contribution is -0.115. The quantitative estimate of drug-likeness (QED) is 0.203. The molecule has 0 aliphatic rings. The zero-order chi connectivity index (χ0) is 27.8. The van der Waals surface area contributed by atoms with Crippen molar-refractivity contribution in [3.63, 3.8) is 0 Å². The van der Waals surface area contributed by atoms with Crippen LogP contribution in [0.3, 0.4) is 0 Å². The molecule has 2 amide bonds. The first-order valence-corrected chi connectivity index (χ1v) is 13.5. The van der Waals surface area contributed by atoms with Crippen molar-refractivity contribution < 1.29 is 19.1 Å². The van der Waals surface area contributed by atoms with Gasteiger partial charge in [-0.15, -0.1) is 11.8 Å². The van der Waals surface area contributed by atoms with Crippen LogP contribution in [0.25, 0.3) is 0 Å². The lowest BCUT2D eigenvalue weighted by atomic mass is 10.0. The highest BCUT2D eigenvalue weighted by Crippen LogP contribution is 2.37. The summed E-state index contributed by atoms with van der Waals surface area (Å²) >= 11 is 1.45. The number of carbonyl (C=O) groups is 2. The number of hydrogen-bond acceptors (Lipinski definition) is 5. The van der Waals surface area contributed by atoms with Gasteiger partial charge in [0.2, 0.25) is 5.91 Å². The Hall–Kier alpha value is -4.23. The van der Waals surface area contributed by atoms with Gasteiger partial charge >= 0.3 is 0 Å². The largest absolute Gasteiger partial charge is 0.496 e. The van der Waals surface area contributed by atoms with Gasteiger partial charge in [0.25, 0.3) is 5.91 Å². The maximum Gasteiger partial charge on any atom is 0.263 e. The van der Waals surface area contributed by atoms with Gasteiger partial charge in [0.05, 0.1) is 14.2 Å². The lowest BCUT2D eigenvalue weighted by Crippen LogP contribution is -2.19. The van der Waals surface area contributed by atoms with E-state index >= 15 is 0 Å². The predicted molar refractivity (Wildman–Crippen MR) is 158 cm³/mol. The first kappa shape index (κ1) is 27.8. The number of anilines is 2. The summed E-state index contributed by atoms with van der Waals surface area (Å²) in [5, 5.41) is 5.50. The van der Waals surface area contributed by atoms with E-state index in [-0.39, 0.29) is 11.8 Å². The Morgan fingerprint density at radius 3 is 1.79 bits per heavy atom. The van der Waals surface area contributed by atoms with E-state index in [1.165, 1.54) is 31.5 Å². The Morgan fingerprint density at radius 1 is 0.667 bits per heavy atom. The molecule has 0 fully saturated rings. The second-order valence-corrected chi connectivity index (χ2v) is 10.4. The zero-order valence-electron chi connectivity index (χ0n) is 22.4. The third-order valence-corrected chi connectivity index (χ3v) is 7.47. The summed E-state index contributed by atoms with van der Waals surface area (Å²) in [4.78, 5) is 27.3. The van der Waals surface area contributed by atoms with E-state index in [1.54, 1.807) is 18.2 Å². The summed E-state index contributed by atoms with van der Waals surface area (Å²) in [5.41, 5.74) is 3.82. The van der Waals surface area contributed by atoms with Crippen LogP contribution in [-0.4, -0.2) is 26.0 Å². The second kappa shape index (κ2) is 13.0. The number of amides is 2. The number of benzene rings is 4. The Morgan fingerprint density at radius 2 is 1.23 bits per heavy atom. The van der Waals surface area contributed by atoms with Gasteiger partial charge in [-0.05, 0) is 65.6 Å². The van der Waals surface area contributed by atoms with Crippen LogP contribution in [0.1, 0.15) is 46.5 Å². The molecule has 4 aromatic carbocycles. The Balaban J connectivity index is 1.50. The predicted octanol–water partition coefficient (Wildman–Crippen LogP) is 7.55. The third-order valence-electron chi connectivity index (χ3n) is 6.21. The van der Waals surface area contributed by atoms with E-state index in [0.717, 1.165) is 16.1 Å². The topological polar surface area (TPSA) is 76.7 Å². The summed E-state index contributed by atoms with van der Waals surface area (Å²) in [7, 11) is 3.02. The second-order valence-electron chi connectivity index (χ2n) is 9.19. The fraction of sp³-hybridized carbons (Fsp3) is 0.188. The number of carbonyl (C=O) groups excluding carboxylic acids is 2. The highest BCUT2D eigenvalue weighted by atomic mass is 32.2. The summed E-state index contributed by atoms with van der Waals surface area (Å²) in [6, 6.07) is 30.2. The molecule has 2 N–H and O–H groups in total. The van der Waals surface area contributed by atoms with Crippen molar-refractivity contribution in [2.45, 2.75) is 29.9 Å². The average Bonchev–Trinajstić information content (AvgIpc) is 2.96. The van der Waals surface area contributed by atoms with E-state index in [1.807, 2.05) is 78.9 Å². The molecule has 200 valence electrons. The number of nitrogens with one attached hydrogen (secondary N) is 2. The van der Waals surface area contributed by atoms with Crippen molar-refractivity contribution in [1.82, 2.24) is 0 Å². The van der Waals surface area contributed by atoms with Crippen LogP contribution in [-0.2, 0) is 4.79 Å². The molecule has 0 radical (unpaired) electrons. The smallest absolute Gasteiger partial charge is 0.263 e. The molecular weight excluding hydrogens is 508 g/mol. The van der Waals surface area contributed by atoms with E-state index in [9.17, 15) is 9.59 Å². The Bertz CT molecular complexity index is 1380. The molecule has 1 atom stereocenters. The van der Waals surface area contributed by atoms with E-state index in [0.29, 0.717) is 28.7 Å². The molecule has 39 heavy (non-hydrogen) atoms. The summed E-state index contributed by atoms with van der Waals surface area (Å²) in [6.07, 6.45) is 0. The number of methoxy groups -OCH3 is 2. The standard InChI is InChI=1S/C32H32N2O4S/c1-21(2)22-13-15-24(16-14-22)34-32(36)30(23-9-6-5-7-10-23)39-26-19-17-25(18-20-26)33-31(35)29-27(37-3)11-8-12-28(29)38-4/h5-21,30H,1-4H3,(H,33,35)(H,34,36). The number of hydrogen-bond donors (Lipinski definition) is 2. The van der Waals surface area contributed by atoms with Gasteiger partial charge in [0.1, 0.15) is 22.3 Å². The molecule has 4 aromatic rings. The highest BCUT2D eigenvalue weighted by molar-refractivity contribution is 8.00. The van der Waals surface area contributed by atoms with Gasteiger partial charge in [0, 0.05) is 16.3 Å². The first-order chi connectivity index (χ1) is 18.9. The Kier molecular flexibility index (Phi) is 9.28. The van der Waals surface area contributed by atoms with Crippen molar-refractivity contribution in [2.75, 3.05) is 24.9 Å². The fourth-order valence-corrected chi connectivity index (χ4v) is 5.11. The van der Waals surface area contributed by atoms with E-state index < -0.39 is 5.25 Å². The number of rotatable bonds is 10. The minimum absolute atomic E-state index is 0.107. The molecule has 4 rings (SSSR count). The SMILES string of the molecule is COc1cccc(OC)c1C(=O)Nc1ccc(SC(C(=O)Nc2ccc(C(C)C)cc2)c2ccccc2)cc1. The Labute approximate surface area is 233 Å². The molecule has 0 spiro atoms. The molecule has 6 nitrogen and oxygen atoms in total. The normalized spacial score (nSPS) is 11.5. The molecule has 0 bridgehead atoms. The van der Waals surface area contributed by atoms with Crippen LogP contribution in [0.5, 0.6) is 11.5 Å². The van der Waals surface area contributed by atoms with Crippen LogP contribution < -0.4 is 20.1 Å². The van der Waals surface area contributed by atoms with Crippen molar-refractivity contribution >= 4 is 35.0 Å². The molecule has 1 unspecified atom stereocenters. The zero-order valence-corrected chi connectivity index (χ0v) is 23.3. The van der Waals surface area contributed by atoms with Crippen LogP contribution in [0.4, 0.5) is 11.4 Å². The molecular formula is C32H32N2O4S. The van der Waals surface area contributed by atoms with Gasteiger partial charge in [-0.3, -0.25) is 9.59 Å². The van der Waals surface area contributed by atoms with Crippen molar-refractivity contribution in [3.8, 4) is 11.5 Å². The highest BCUT2D eigenvalue weighted by Gasteiger charge is 2.23. The van der Waals surface area contributed by atoms with Crippen LogP contribution in [0.15, 0.2) is 102 Å². The van der Waals surface area contributed by atoms with Crippen molar-refractivity contribution in [3.05, 3.63) is 114 Å². The van der Waals surface area contributed by atoms with Gasteiger partial charge in [-0.2, -0.15) is 0 Å². The van der Waals surface area contributed by atoms with Gasteiger partial charge in [0.15, 0.2) is 0 Å². The van der Waals surface area contributed by atoms with Crippen LogP contribution >= 0.6 is 11.8 Å². The molecule has 0 aliphatic carbocycles. The van der Waals surface area contributed by atoms with Crippen molar-refractivity contribution in [1.29, 1.82) is 0 Å².